The molecule has 0 radical (unpaired) electrons. The average molecular weight is 358 g/mol. The first-order chi connectivity index (χ1) is 12.6. The SMILES string of the molecule is CCCCN(C)C(=O)c1nc(C(=O)NCc2ccco2)n2c1CCCC2. The summed E-state index contributed by atoms with van der Waals surface area (Å²) in [7, 11) is 1.79. The van der Waals surface area contributed by atoms with E-state index in [0.29, 0.717) is 30.4 Å². The molecular formula is C19H26N4O3. The van der Waals surface area contributed by atoms with Crippen LogP contribution in [0.5, 0.6) is 0 Å². The maximum atomic E-state index is 12.8. The molecule has 3 rings (SSSR count). The van der Waals surface area contributed by atoms with Crippen LogP contribution in [0.4, 0.5) is 0 Å². The molecule has 1 aliphatic heterocycles. The minimum atomic E-state index is -0.278. The summed E-state index contributed by atoms with van der Waals surface area (Å²) in [6.07, 6.45) is 6.33. The minimum Gasteiger partial charge on any atom is -0.467 e. The highest BCUT2D eigenvalue weighted by Gasteiger charge is 2.28. The van der Waals surface area contributed by atoms with Gasteiger partial charge in [0.25, 0.3) is 11.8 Å². The van der Waals surface area contributed by atoms with Crippen molar-refractivity contribution in [1.82, 2.24) is 19.8 Å². The average Bonchev–Trinajstić information content (AvgIpc) is 3.31. The van der Waals surface area contributed by atoms with Crippen LogP contribution in [0, 0.1) is 0 Å². The van der Waals surface area contributed by atoms with Crippen LogP contribution in [0.1, 0.15) is 65.2 Å². The van der Waals surface area contributed by atoms with Gasteiger partial charge in [0.1, 0.15) is 11.5 Å². The second-order valence-electron chi connectivity index (χ2n) is 6.68. The summed E-state index contributed by atoms with van der Waals surface area (Å²) in [5, 5.41) is 2.83. The first-order valence-corrected chi connectivity index (χ1v) is 9.27. The van der Waals surface area contributed by atoms with Gasteiger partial charge in [0.05, 0.1) is 18.5 Å². The van der Waals surface area contributed by atoms with Crippen molar-refractivity contribution in [1.29, 1.82) is 0 Å². The molecule has 0 unspecified atom stereocenters. The number of imidazole rings is 1. The van der Waals surface area contributed by atoms with Crippen molar-refractivity contribution in [2.24, 2.45) is 0 Å². The Balaban J connectivity index is 1.81. The van der Waals surface area contributed by atoms with Crippen molar-refractivity contribution in [3.63, 3.8) is 0 Å². The van der Waals surface area contributed by atoms with Crippen LogP contribution in [0.2, 0.25) is 0 Å². The summed E-state index contributed by atoms with van der Waals surface area (Å²) in [5.74, 6) is 0.617. The van der Waals surface area contributed by atoms with Crippen LogP contribution in [0.25, 0.3) is 0 Å². The molecule has 2 aromatic heterocycles. The molecule has 26 heavy (non-hydrogen) atoms. The van der Waals surface area contributed by atoms with Crippen LogP contribution in [0.15, 0.2) is 22.8 Å². The molecule has 1 N–H and O–H groups in total. The van der Waals surface area contributed by atoms with E-state index in [2.05, 4.69) is 17.2 Å². The fourth-order valence-corrected chi connectivity index (χ4v) is 3.22. The zero-order chi connectivity index (χ0) is 18.5. The van der Waals surface area contributed by atoms with E-state index in [9.17, 15) is 9.59 Å². The van der Waals surface area contributed by atoms with Crippen molar-refractivity contribution in [3.05, 3.63) is 41.4 Å². The lowest BCUT2D eigenvalue weighted by molar-refractivity contribution is 0.0786. The molecule has 0 spiro atoms. The minimum absolute atomic E-state index is 0.103. The number of amides is 2. The van der Waals surface area contributed by atoms with E-state index in [1.165, 1.54) is 0 Å². The van der Waals surface area contributed by atoms with Crippen molar-refractivity contribution in [2.75, 3.05) is 13.6 Å². The van der Waals surface area contributed by atoms with Gasteiger partial charge in [-0.1, -0.05) is 13.3 Å². The number of hydrogen-bond donors (Lipinski definition) is 1. The quantitative estimate of drug-likeness (QED) is 0.825. The summed E-state index contributed by atoms with van der Waals surface area (Å²) in [6, 6.07) is 3.58. The third-order valence-electron chi connectivity index (χ3n) is 4.72. The van der Waals surface area contributed by atoms with Crippen LogP contribution >= 0.6 is 0 Å². The third-order valence-corrected chi connectivity index (χ3v) is 4.72. The number of fused-ring (bicyclic) bond motifs is 1. The van der Waals surface area contributed by atoms with E-state index >= 15 is 0 Å². The molecule has 0 aromatic carbocycles. The van der Waals surface area contributed by atoms with Gasteiger partial charge in [0, 0.05) is 20.1 Å². The molecular weight excluding hydrogens is 332 g/mol. The smallest absolute Gasteiger partial charge is 0.287 e. The molecule has 0 aliphatic carbocycles. The summed E-state index contributed by atoms with van der Waals surface area (Å²) in [4.78, 5) is 31.6. The summed E-state index contributed by atoms with van der Waals surface area (Å²) in [6.45, 7) is 3.81. The zero-order valence-electron chi connectivity index (χ0n) is 15.5. The number of nitrogens with zero attached hydrogens (tertiary/aromatic N) is 3. The Morgan fingerprint density at radius 2 is 2.23 bits per heavy atom. The maximum Gasteiger partial charge on any atom is 0.287 e. The van der Waals surface area contributed by atoms with Crippen molar-refractivity contribution in [2.45, 2.75) is 52.1 Å². The van der Waals surface area contributed by atoms with E-state index in [4.69, 9.17) is 4.42 Å². The first-order valence-electron chi connectivity index (χ1n) is 9.27. The number of hydrogen-bond acceptors (Lipinski definition) is 4. The van der Waals surface area contributed by atoms with Crippen LogP contribution in [-0.2, 0) is 19.5 Å². The standard InChI is InChI=1S/C19H26N4O3/c1-3-4-10-22(2)19(25)16-15-9-5-6-11-23(15)17(21-16)18(24)20-13-14-8-7-12-26-14/h7-8,12H,3-6,9-11,13H2,1-2H3,(H,20,24). The highest BCUT2D eigenvalue weighted by atomic mass is 16.3. The zero-order valence-corrected chi connectivity index (χ0v) is 15.5. The molecule has 0 fully saturated rings. The Kier molecular flexibility index (Phi) is 5.75. The number of nitrogens with one attached hydrogen (secondary N) is 1. The molecule has 0 bridgehead atoms. The second-order valence-corrected chi connectivity index (χ2v) is 6.68. The number of furan rings is 1. The lowest BCUT2D eigenvalue weighted by Gasteiger charge is -2.19. The van der Waals surface area contributed by atoms with Crippen molar-refractivity contribution < 1.29 is 14.0 Å². The lowest BCUT2D eigenvalue weighted by atomic mass is 10.1. The van der Waals surface area contributed by atoms with Crippen LogP contribution in [0.3, 0.4) is 0 Å². The molecule has 0 atom stereocenters. The van der Waals surface area contributed by atoms with Gasteiger partial charge in [-0.3, -0.25) is 9.59 Å². The number of unbranched alkanes of at least 4 members (excludes halogenated alkanes) is 1. The Hall–Kier alpha value is -2.57. The Bertz CT molecular complexity index is 764. The number of carbonyl (C=O) groups excluding carboxylic acids is 2. The molecule has 2 amide bonds. The second kappa shape index (κ2) is 8.21. The fourth-order valence-electron chi connectivity index (χ4n) is 3.22. The van der Waals surface area contributed by atoms with Gasteiger partial charge in [-0.25, -0.2) is 4.98 Å². The third kappa shape index (κ3) is 3.81. The Labute approximate surface area is 153 Å². The van der Waals surface area contributed by atoms with Gasteiger partial charge in [0.2, 0.25) is 0 Å². The van der Waals surface area contributed by atoms with E-state index in [-0.39, 0.29) is 11.8 Å². The Morgan fingerprint density at radius 3 is 2.96 bits per heavy atom. The highest BCUT2D eigenvalue weighted by Crippen LogP contribution is 2.22. The van der Waals surface area contributed by atoms with Gasteiger partial charge < -0.3 is 19.2 Å². The topological polar surface area (TPSA) is 80.4 Å². The van der Waals surface area contributed by atoms with Crippen molar-refractivity contribution >= 4 is 11.8 Å². The van der Waals surface area contributed by atoms with Crippen molar-refractivity contribution in [3.8, 4) is 0 Å². The van der Waals surface area contributed by atoms with E-state index in [1.54, 1.807) is 30.3 Å². The normalized spacial score (nSPS) is 13.3. The number of carbonyl (C=O) groups is 2. The predicted octanol–water partition coefficient (Wildman–Crippen LogP) is 2.61. The van der Waals surface area contributed by atoms with Gasteiger partial charge >= 0.3 is 0 Å². The van der Waals surface area contributed by atoms with Crippen LogP contribution in [-0.4, -0.2) is 39.9 Å². The van der Waals surface area contributed by atoms with Gasteiger partial charge in [-0.15, -0.1) is 0 Å². The summed E-state index contributed by atoms with van der Waals surface area (Å²) in [5.41, 5.74) is 1.30. The first kappa shape index (κ1) is 18.2. The molecule has 1 aliphatic rings. The van der Waals surface area contributed by atoms with Gasteiger partial charge in [-0.05, 0) is 37.8 Å². The predicted molar refractivity (Wildman–Crippen MR) is 96.9 cm³/mol. The molecule has 140 valence electrons. The van der Waals surface area contributed by atoms with Gasteiger partial charge in [0.15, 0.2) is 5.82 Å². The molecule has 7 nitrogen and oxygen atoms in total. The molecule has 0 saturated heterocycles. The monoisotopic (exact) mass is 358 g/mol. The van der Waals surface area contributed by atoms with Gasteiger partial charge in [-0.2, -0.15) is 0 Å². The highest BCUT2D eigenvalue weighted by molar-refractivity contribution is 5.97. The largest absolute Gasteiger partial charge is 0.467 e. The maximum absolute atomic E-state index is 12.8. The van der Waals surface area contributed by atoms with E-state index in [1.807, 2.05) is 4.57 Å². The number of rotatable bonds is 7. The number of aromatic nitrogens is 2. The summed E-state index contributed by atoms with van der Waals surface area (Å²) < 4.78 is 7.15. The van der Waals surface area contributed by atoms with Crippen LogP contribution < -0.4 is 5.32 Å². The lowest BCUT2D eigenvalue weighted by Crippen LogP contribution is -2.29. The Morgan fingerprint density at radius 1 is 1.38 bits per heavy atom. The molecule has 2 aromatic rings. The van der Waals surface area contributed by atoms with E-state index < -0.39 is 0 Å². The molecule has 7 heteroatoms. The van der Waals surface area contributed by atoms with E-state index in [0.717, 1.165) is 44.3 Å². The molecule has 0 saturated carbocycles. The fraction of sp³-hybridized carbons (Fsp3) is 0.526. The molecule has 3 heterocycles. The summed E-state index contributed by atoms with van der Waals surface area (Å²) >= 11 is 0.